The Morgan fingerprint density at radius 1 is 1.60 bits per heavy atom. The summed E-state index contributed by atoms with van der Waals surface area (Å²) in [5.74, 6) is 0. The first-order chi connectivity index (χ1) is 6.79. The van der Waals surface area contributed by atoms with Crippen LogP contribution in [0.2, 0.25) is 0 Å². The number of nitrogens with zero attached hydrogens (tertiary/aromatic N) is 2. The molecule has 84 valence electrons. The van der Waals surface area contributed by atoms with Crippen molar-refractivity contribution in [2.24, 2.45) is 5.73 Å². The van der Waals surface area contributed by atoms with Gasteiger partial charge in [-0.05, 0) is 27.7 Å². The molecule has 0 aromatic carbocycles. The van der Waals surface area contributed by atoms with E-state index < -0.39 is 11.7 Å². The minimum Gasteiger partial charge on any atom is -0.443 e. The summed E-state index contributed by atoms with van der Waals surface area (Å²) in [5.41, 5.74) is 5.79. The van der Waals surface area contributed by atoms with Crippen LogP contribution < -0.4 is 5.73 Å². The van der Waals surface area contributed by atoms with E-state index in [-0.39, 0.29) is 6.04 Å². The van der Waals surface area contributed by atoms with Gasteiger partial charge in [0.05, 0.1) is 5.69 Å². The van der Waals surface area contributed by atoms with E-state index >= 15 is 0 Å². The molecule has 0 radical (unpaired) electrons. The summed E-state index contributed by atoms with van der Waals surface area (Å²) >= 11 is 0. The quantitative estimate of drug-likeness (QED) is 0.767. The first-order valence-electron chi connectivity index (χ1n) is 4.82. The smallest absolute Gasteiger partial charge is 0.419 e. The summed E-state index contributed by atoms with van der Waals surface area (Å²) in [6, 6.07) is -0.186. The lowest BCUT2D eigenvalue weighted by Crippen LogP contribution is -2.26. The largest absolute Gasteiger partial charge is 0.443 e. The highest BCUT2D eigenvalue weighted by Crippen LogP contribution is 2.11. The first-order valence-corrected chi connectivity index (χ1v) is 4.82. The molecule has 0 spiro atoms. The second-order valence-electron chi connectivity index (χ2n) is 4.47. The minimum atomic E-state index is -0.504. The molecular formula is C10H17N3O2. The third-order valence-corrected chi connectivity index (χ3v) is 1.67. The van der Waals surface area contributed by atoms with Gasteiger partial charge in [-0.1, -0.05) is 0 Å². The van der Waals surface area contributed by atoms with Crippen LogP contribution in [-0.4, -0.2) is 21.2 Å². The number of ether oxygens (including phenoxy) is 1. The van der Waals surface area contributed by atoms with Gasteiger partial charge < -0.3 is 10.5 Å². The van der Waals surface area contributed by atoms with Crippen molar-refractivity contribution in [2.45, 2.75) is 39.3 Å². The molecule has 2 N–H and O–H groups in total. The van der Waals surface area contributed by atoms with E-state index in [2.05, 4.69) is 4.98 Å². The van der Waals surface area contributed by atoms with Crippen LogP contribution in [0.25, 0.3) is 0 Å². The van der Waals surface area contributed by atoms with E-state index in [1.807, 2.05) is 27.7 Å². The van der Waals surface area contributed by atoms with Gasteiger partial charge in [0.1, 0.15) is 11.9 Å². The third kappa shape index (κ3) is 3.36. The van der Waals surface area contributed by atoms with E-state index in [0.29, 0.717) is 5.69 Å². The summed E-state index contributed by atoms with van der Waals surface area (Å²) in [6.07, 6.45) is 2.55. The highest BCUT2D eigenvalue weighted by Gasteiger charge is 2.18. The fourth-order valence-electron chi connectivity index (χ4n) is 0.988. The maximum absolute atomic E-state index is 11.6. The van der Waals surface area contributed by atoms with E-state index in [0.717, 1.165) is 0 Å². The number of aromatic nitrogens is 2. The Hall–Kier alpha value is -1.36. The Morgan fingerprint density at radius 2 is 2.20 bits per heavy atom. The van der Waals surface area contributed by atoms with Crippen LogP contribution in [0.15, 0.2) is 12.5 Å². The molecule has 0 bridgehead atoms. The van der Waals surface area contributed by atoms with Crippen molar-refractivity contribution in [3.05, 3.63) is 18.2 Å². The highest BCUT2D eigenvalue weighted by molar-refractivity contribution is 5.70. The van der Waals surface area contributed by atoms with Crippen molar-refractivity contribution < 1.29 is 9.53 Å². The molecule has 0 amide bonds. The second-order valence-corrected chi connectivity index (χ2v) is 4.47. The summed E-state index contributed by atoms with van der Waals surface area (Å²) < 4.78 is 6.46. The lowest BCUT2D eigenvalue weighted by molar-refractivity contribution is 0.0536. The van der Waals surface area contributed by atoms with Crippen molar-refractivity contribution in [1.82, 2.24) is 9.55 Å². The average Bonchev–Trinajstić information content (AvgIpc) is 2.47. The van der Waals surface area contributed by atoms with Gasteiger partial charge in [-0.25, -0.2) is 14.3 Å². The summed E-state index contributed by atoms with van der Waals surface area (Å²) in [5, 5.41) is 0. The van der Waals surface area contributed by atoms with Crippen molar-refractivity contribution in [2.75, 3.05) is 0 Å². The molecule has 1 aromatic heterocycles. The monoisotopic (exact) mass is 211 g/mol. The van der Waals surface area contributed by atoms with Crippen LogP contribution in [0.1, 0.15) is 39.4 Å². The van der Waals surface area contributed by atoms with E-state index in [1.165, 1.54) is 10.9 Å². The lowest BCUT2D eigenvalue weighted by atomic mass is 10.2. The van der Waals surface area contributed by atoms with Crippen molar-refractivity contribution in [3.63, 3.8) is 0 Å². The molecule has 0 aliphatic rings. The average molecular weight is 211 g/mol. The highest BCUT2D eigenvalue weighted by atomic mass is 16.6. The molecule has 5 heteroatoms. The van der Waals surface area contributed by atoms with Gasteiger partial charge in [-0.3, -0.25) is 0 Å². The number of nitrogens with two attached hydrogens (primary N) is 1. The Labute approximate surface area is 89.2 Å². The number of carbonyl (C=O) groups excluding carboxylic acids is 1. The Morgan fingerprint density at radius 3 is 2.60 bits per heavy atom. The fourth-order valence-corrected chi connectivity index (χ4v) is 0.988. The summed E-state index contributed by atoms with van der Waals surface area (Å²) in [4.78, 5) is 15.6. The van der Waals surface area contributed by atoms with Crippen LogP contribution in [0.3, 0.4) is 0 Å². The maximum Gasteiger partial charge on any atom is 0.419 e. The van der Waals surface area contributed by atoms with Crippen LogP contribution in [0.5, 0.6) is 0 Å². The molecule has 0 saturated heterocycles. The predicted molar refractivity (Wildman–Crippen MR) is 56.5 cm³/mol. The van der Waals surface area contributed by atoms with Gasteiger partial charge in [0.25, 0.3) is 0 Å². The first kappa shape index (κ1) is 11.7. The number of rotatable bonds is 1. The number of imidazole rings is 1. The van der Waals surface area contributed by atoms with Gasteiger partial charge in [0.15, 0.2) is 0 Å². The molecule has 1 heterocycles. The van der Waals surface area contributed by atoms with Crippen LogP contribution in [0, 0.1) is 0 Å². The molecule has 15 heavy (non-hydrogen) atoms. The molecule has 0 fully saturated rings. The maximum atomic E-state index is 11.6. The van der Waals surface area contributed by atoms with Crippen molar-refractivity contribution >= 4 is 6.09 Å². The van der Waals surface area contributed by atoms with Gasteiger partial charge in [-0.15, -0.1) is 0 Å². The SMILES string of the molecule is C[C@H](N)c1cn(C(=O)OC(C)(C)C)cn1. The Kier molecular flexibility index (Phi) is 3.14. The van der Waals surface area contributed by atoms with E-state index in [4.69, 9.17) is 10.5 Å². The minimum absolute atomic E-state index is 0.186. The fraction of sp³-hybridized carbons (Fsp3) is 0.600. The zero-order valence-electron chi connectivity index (χ0n) is 9.52. The predicted octanol–water partition coefficient (Wildman–Crippen LogP) is 1.69. The molecule has 5 nitrogen and oxygen atoms in total. The number of hydrogen-bond acceptors (Lipinski definition) is 4. The van der Waals surface area contributed by atoms with Crippen LogP contribution in [0.4, 0.5) is 4.79 Å². The molecule has 0 aliphatic carbocycles. The van der Waals surface area contributed by atoms with Crippen LogP contribution >= 0.6 is 0 Å². The lowest BCUT2D eigenvalue weighted by Gasteiger charge is -2.19. The van der Waals surface area contributed by atoms with E-state index in [9.17, 15) is 4.79 Å². The topological polar surface area (TPSA) is 70.1 Å². The number of hydrogen-bond donors (Lipinski definition) is 1. The van der Waals surface area contributed by atoms with Gasteiger partial charge >= 0.3 is 6.09 Å². The molecule has 1 aromatic rings. The normalized spacial score (nSPS) is 13.7. The second kappa shape index (κ2) is 4.02. The van der Waals surface area contributed by atoms with Gasteiger partial charge in [0.2, 0.25) is 0 Å². The Bertz CT molecular complexity index is 350. The van der Waals surface area contributed by atoms with Crippen molar-refractivity contribution in [3.8, 4) is 0 Å². The summed E-state index contributed by atoms with van der Waals surface area (Å²) in [6.45, 7) is 7.25. The zero-order chi connectivity index (χ0) is 11.6. The van der Waals surface area contributed by atoms with Crippen molar-refractivity contribution in [1.29, 1.82) is 0 Å². The third-order valence-electron chi connectivity index (χ3n) is 1.67. The molecule has 0 aliphatic heterocycles. The van der Waals surface area contributed by atoms with E-state index in [1.54, 1.807) is 6.20 Å². The molecule has 0 unspecified atom stereocenters. The standard InChI is InChI=1S/C10H17N3O2/c1-7(11)8-5-13(6-12-8)9(14)15-10(2,3)4/h5-7H,11H2,1-4H3/t7-/m0/s1. The zero-order valence-corrected chi connectivity index (χ0v) is 9.52. The molecule has 1 rings (SSSR count). The number of carbonyl (C=O) groups is 1. The van der Waals surface area contributed by atoms with Gasteiger partial charge in [0, 0.05) is 12.2 Å². The molecule has 1 atom stereocenters. The van der Waals surface area contributed by atoms with Gasteiger partial charge in [-0.2, -0.15) is 0 Å². The summed E-state index contributed by atoms with van der Waals surface area (Å²) in [7, 11) is 0. The van der Waals surface area contributed by atoms with Crippen LogP contribution in [-0.2, 0) is 4.74 Å². The molecular weight excluding hydrogens is 194 g/mol. The molecule has 0 saturated carbocycles. The Balaban J connectivity index is 2.75.